The molecule has 1 N–H and O–H groups in total. The Morgan fingerprint density at radius 1 is 0.923 bits per heavy atom. The van der Waals surface area contributed by atoms with E-state index in [2.05, 4.69) is 67.3 Å². The Bertz CT molecular complexity index is 720. The van der Waals surface area contributed by atoms with Crippen LogP contribution in [0.1, 0.15) is 54.4 Å². The molecule has 2 heteroatoms. The van der Waals surface area contributed by atoms with Gasteiger partial charge in [0.25, 0.3) is 0 Å². The van der Waals surface area contributed by atoms with E-state index >= 15 is 0 Å². The lowest BCUT2D eigenvalue weighted by molar-refractivity contribution is -0.0947. The average molecular weight is 350 g/mol. The van der Waals surface area contributed by atoms with Crippen molar-refractivity contribution < 1.29 is 5.11 Å². The quantitative estimate of drug-likeness (QED) is 0.857. The Hall–Kier alpha value is -1.64. The third-order valence-electron chi connectivity index (χ3n) is 6.60. The number of benzene rings is 2. The van der Waals surface area contributed by atoms with Crippen LogP contribution in [-0.4, -0.2) is 27.7 Å². The highest BCUT2D eigenvalue weighted by molar-refractivity contribution is 5.35. The van der Waals surface area contributed by atoms with Crippen molar-refractivity contribution in [1.29, 1.82) is 0 Å². The molecular formula is C24H31NO. The van der Waals surface area contributed by atoms with Gasteiger partial charge in [-0.1, -0.05) is 55.0 Å². The van der Waals surface area contributed by atoms with E-state index in [-0.39, 0.29) is 0 Å². The van der Waals surface area contributed by atoms with E-state index in [1.54, 1.807) is 0 Å². The van der Waals surface area contributed by atoms with Crippen molar-refractivity contribution in [2.75, 3.05) is 0 Å². The molecule has 2 fully saturated rings. The Morgan fingerprint density at radius 3 is 2.15 bits per heavy atom. The number of rotatable bonds is 4. The minimum atomic E-state index is -0.556. The third kappa shape index (κ3) is 3.58. The molecule has 0 spiro atoms. The monoisotopic (exact) mass is 349 g/mol. The summed E-state index contributed by atoms with van der Waals surface area (Å²) in [5, 5.41) is 11.5. The van der Waals surface area contributed by atoms with Crippen LogP contribution in [0.2, 0.25) is 0 Å². The Balaban J connectivity index is 1.53. The molecule has 0 saturated carbocycles. The van der Waals surface area contributed by atoms with Crippen LogP contribution < -0.4 is 0 Å². The smallest absolute Gasteiger partial charge is 0.0717 e. The number of fused-ring (bicyclic) bond motifs is 2. The second-order valence-corrected chi connectivity index (χ2v) is 8.58. The van der Waals surface area contributed by atoms with E-state index in [1.165, 1.54) is 41.5 Å². The van der Waals surface area contributed by atoms with E-state index in [4.69, 9.17) is 0 Å². The Morgan fingerprint density at radius 2 is 1.54 bits per heavy atom. The summed E-state index contributed by atoms with van der Waals surface area (Å²) >= 11 is 0. The molecule has 138 valence electrons. The summed E-state index contributed by atoms with van der Waals surface area (Å²) in [4.78, 5) is 2.68. The minimum Gasteiger partial charge on any atom is -0.389 e. The standard InChI is InChI=1S/C24H31NO/c1-18-8-6-9-19(2)23(18)16-24(26)14-21-12-7-13-22(15-24)25(21)17-20-10-4-3-5-11-20/h3-6,8-11,21-22,26H,7,12-17H2,1-2H3. The zero-order chi connectivity index (χ0) is 18.1. The van der Waals surface area contributed by atoms with Crippen LogP contribution in [0.4, 0.5) is 0 Å². The topological polar surface area (TPSA) is 23.5 Å². The SMILES string of the molecule is Cc1cccc(C)c1CC1(O)CC2CCCC(C1)N2Cc1ccccc1. The number of nitrogens with zero attached hydrogens (tertiary/aromatic N) is 1. The second-order valence-electron chi connectivity index (χ2n) is 8.58. The van der Waals surface area contributed by atoms with E-state index < -0.39 is 5.60 Å². The first-order chi connectivity index (χ1) is 12.5. The molecule has 2 aliphatic heterocycles. The van der Waals surface area contributed by atoms with Crippen LogP contribution in [-0.2, 0) is 13.0 Å². The van der Waals surface area contributed by atoms with Gasteiger partial charge in [0, 0.05) is 25.0 Å². The van der Waals surface area contributed by atoms with Crippen molar-refractivity contribution in [3.05, 3.63) is 70.8 Å². The predicted octanol–water partition coefficient (Wildman–Crippen LogP) is 4.79. The zero-order valence-corrected chi connectivity index (χ0v) is 16.1. The second kappa shape index (κ2) is 7.17. The first kappa shape index (κ1) is 17.8. The van der Waals surface area contributed by atoms with Gasteiger partial charge in [0.2, 0.25) is 0 Å². The highest BCUT2D eigenvalue weighted by Crippen LogP contribution is 2.42. The Kier molecular flexibility index (Phi) is 4.90. The van der Waals surface area contributed by atoms with Crippen molar-refractivity contribution >= 4 is 0 Å². The van der Waals surface area contributed by atoms with E-state index in [0.29, 0.717) is 12.1 Å². The average Bonchev–Trinajstić information content (AvgIpc) is 2.60. The van der Waals surface area contributed by atoms with Gasteiger partial charge in [-0.15, -0.1) is 0 Å². The fourth-order valence-corrected chi connectivity index (χ4v) is 5.27. The molecule has 2 atom stereocenters. The number of aryl methyl sites for hydroxylation is 2. The van der Waals surface area contributed by atoms with Crippen LogP contribution in [0.5, 0.6) is 0 Å². The van der Waals surface area contributed by atoms with Crippen molar-refractivity contribution in [3.63, 3.8) is 0 Å². The zero-order valence-electron chi connectivity index (χ0n) is 16.1. The maximum absolute atomic E-state index is 11.5. The molecule has 2 heterocycles. The summed E-state index contributed by atoms with van der Waals surface area (Å²) in [6.07, 6.45) is 6.36. The molecule has 2 saturated heterocycles. The lowest BCUT2D eigenvalue weighted by Crippen LogP contribution is -2.58. The highest BCUT2D eigenvalue weighted by atomic mass is 16.3. The first-order valence-electron chi connectivity index (χ1n) is 10.1. The van der Waals surface area contributed by atoms with Crippen molar-refractivity contribution in [3.8, 4) is 0 Å². The lowest BCUT2D eigenvalue weighted by Gasteiger charge is -2.52. The molecule has 2 bridgehead atoms. The molecule has 0 amide bonds. The predicted molar refractivity (Wildman–Crippen MR) is 107 cm³/mol. The molecule has 2 aliphatic rings. The molecule has 2 unspecified atom stereocenters. The van der Waals surface area contributed by atoms with E-state index in [1.807, 2.05) is 0 Å². The largest absolute Gasteiger partial charge is 0.389 e. The van der Waals surface area contributed by atoms with Gasteiger partial charge in [0.05, 0.1) is 5.60 Å². The van der Waals surface area contributed by atoms with E-state index in [9.17, 15) is 5.11 Å². The fraction of sp³-hybridized carbons (Fsp3) is 0.500. The molecule has 2 aromatic carbocycles. The van der Waals surface area contributed by atoms with Gasteiger partial charge in [-0.3, -0.25) is 4.90 Å². The summed E-state index contributed by atoms with van der Waals surface area (Å²) in [5.74, 6) is 0. The van der Waals surface area contributed by atoms with Crippen LogP contribution in [0.25, 0.3) is 0 Å². The number of piperidine rings is 2. The van der Waals surface area contributed by atoms with Gasteiger partial charge >= 0.3 is 0 Å². The van der Waals surface area contributed by atoms with E-state index in [0.717, 1.165) is 25.8 Å². The molecule has 26 heavy (non-hydrogen) atoms. The third-order valence-corrected chi connectivity index (χ3v) is 6.60. The normalized spacial score (nSPS) is 28.9. The van der Waals surface area contributed by atoms with Gasteiger partial charge in [-0.05, 0) is 61.8 Å². The highest BCUT2D eigenvalue weighted by Gasteiger charge is 2.45. The molecule has 4 rings (SSSR count). The van der Waals surface area contributed by atoms with Crippen LogP contribution in [0, 0.1) is 13.8 Å². The summed E-state index contributed by atoms with van der Waals surface area (Å²) in [5.41, 5.74) is 4.82. The van der Waals surface area contributed by atoms with Crippen LogP contribution in [0.3, 0.4) is 0 Å². The van der Waals surface area contributed by atoms with Crippen molar-refractivity contribution in [2.45, 2.75) is 76.6 Å². The van der Waals surface area contributed by atoms with Crippen LogP contribution in [0.15, 0.2) is 48.5 Å². The van der Waals surface area contributed by atoms with Crippen molar-refractivity contribution in [2.24, 2.45) is 0 Å². The lowest BCUT2D eigenvalue weighted by atomic mass is 9.72. The van der Waals surface area contributed by atoms with Crippen molar-refractivity contribution in [1.82, 2.24) is 4.90 Å². The van der Waals surface area contributed by atoms with Gasteiger partial charge in [0.1, 0.15) is 0 Å². The molecular weight excluding hydrogens is 318 g/mol. The summed E-state index contributed by atoms with van der Waals surface area (Å²) in [7, 11) is 0. The summed E-state index contributed by atoms with van der Waals surface area (Å²) < 4.78 is 0. The summed E-state index contributed by atoms with van der Waals surface area (Å²) in [6, 6.07) is 18.3. The number of hydrogen-bond donors (Lipinski definition) is 1. The van der Waals surface area contributed by atoms with Gasteiger partial charge < -0.3 is 5.11 Å². The minimum absolute atomic E-state index is 0.511. The number of hydrogen-bond acceptors (Lipinski definition) is 2. The fourth-order valence-electron chi connectivity index (χ4n) is 5.27. The maximum Gasteiger partial charge on any atom is 0.0717 e. The van der Waals surface area contributed by atoms with Crippen LogP contribution >= 0.6 is 0 Å². The number of aliphatic hydroxyl groups is 1. The summed E-state index contributed by atoms with van der Waals surface area (Å²) in [6.45, 7) is 5.38. The molecule has 2 aromatic rings. The van der Waals surface area contributed by atoms with Gasteiger partial charge in [-0.2, -0.15) is 0 Å². The molecule has 2 nitrogen and oxygen atoms in total. The van der Waals surface area contributed by atoms with Gasteiger partial charge in [0.15, 0.2) is 0 Å². The first-order valence-corrected chi connectivity index (χ1v) is 10.1. The Labute approximate surface area is 157 Å². The molecule has 0 aromatic heterocycles. The van der Waals surface area contributed by atoms with Gasteiger partial charge in [-0.25, -0.2) is 0 Å². The maximum atomic E-state index is 11.5. The molecule has 0 radical (unpaired) electrons. The molecule has 0 aliphatic carbocycles.